The summed E-state index contributed by atoms with van der Waals surface area (Å²) < 4.78 is 48.4. The number of nitrogens with one attached hydrogen (secondary N) is 1. The summed E-state index contributed by atoms with van der Waals surface area (Å²) in [5.74, 6) is -0.343. The van der Waals surface area contributed by atoms with Gasteiger partial charge in [0.1, 0.15) is 11.5 Å². The molecular formula is C23H19FN2O3S. The fourth-order valence-electron chi connectivity index (χ4n) is 3.06. The van der Waals surface area contributed by atoms with Gasteiger partial charge < -0.3 is 4.42 Å². The molecule has 1 aromatic heterocycles. The standard InChI is InChI=1S/C23H19FN2O3S/c1-16-12-13-19(20(24)14-16)22-23(26-30(27,28)18-10-6-3-7-11-18)29-21(25-22)15-17-8-4-2-5-9-17/h2-14,26H,15H2,1H3. The van der Waals surface area contributed by atoms with Gasteiger partial charge in [0.2, 0.25) is 11.8 Å². The van der Waals surface area contributed by atoms with Crippen molar-refractivity contribution in [2.75, 3.05) is 4.72 Å². The van der Waals surface area contributed by atoms with E-state index in [-0.39, 0.29) is 27.9 Å². The van der Waals surface area contributed by atoms with Crippen molar-refractivity contribution in [1.82, 2.24) is 4.98 Å². The van der Waals surface area contributed by atoms with Crippen LogP contribution in [0.5, 0.6) is 0 Å². The van der Waals surface area contributed by atoms with Crippen molar-refractivity contribution in [3.8, 4) is 11.3 Å². The Morgan fingerprint density at radius 2 is 1.63 bits per heavy atom. The van der Waals surface area contributed by atoms with E-state index in [1.54, 1.807) is 37.3 Å². The van der Waals surface area contributed by atoms with Crippen molar-refractivity contribution in [2.45, 2.75) is 18.2 Å². The normalized spacial score (nSPS) is 11.4. The van der Waals surface area contributed by atoms with Crippen molar-refractivity contribution < 1.29 is 17.2 Å². The molecule has 0 spiro atoms. The van der Waals surface area contributed by atoms with Gasteiger partial charge in [-0.15, -0.1) is 0 Å². The molecule has 152 valence electrons. The second-order valence-electron chi connectivity index (χ2n) is 6.85. The number of rotatable bonds is 6. The quantitative estimate of drug-likeness (QED) is 0.465. The Morgan fingerprint density at radius 1 is 0.967 bits per heavy atom. The minimum Gasteiger partial charge on any atom is -0.423 e. The van der Waals surface area contributed by atoms with E-state index in [9.17, 15) is 12.8 Å². The Labute approximate surface area is 174 Å². The second-order valence-corrected chi connectivity index (χ2v) is 8.53. The number of benzene rings is 3. The van der Waals surface area contributed by atoms with Crippen LogP contribution in [0, 0.1) is 12.7 Å². The van der Waals surface area contributed by atoms with E-state index in [0.29, 0.717) is 6.42 Å². The number of oxazole rings is 1. The average molecular weight is 422 g/mol. The van der Waals surface area contributed by atoms with Crippen LogP contribution in [0.25, 0.3) is 11.3 Å². The van der Waals surface area contributed by atoms with Gasteiger partial charge in [-0.25, -0.2) is 22.5 Å². The molecule has 0 aliphatic carbocycles. The first-order valence-electron chi connectivity index (χ1n) is 9.30. The molecule has 0 aliphatic rings. The highest BCUT2D eigenvalue weighted by atomic mass is 32.2. The number of hydrogen-bond donors (Lipinski definition) is 1. The first-order chi connectivity index (χ1) is 14.4. The third-order valence-electron chi connectivity index (χ3n) is 4.53. The van der Waals surface area contributed by atoms with Crippen LogP contribution in [-0.4, -0.2) is 13.4 Å². The zero-order valence-corrected chi connectivity index (χ0v) is 17.0. The molecule has 1 N–H and O–H groups in total. The third-order valence-corrected chi connectivity index (χ3v) is 5.88. The number of sulfonamides is 1. The highest BCUT2D eigenvalue weighted by molar-refractivity contribution is 7.92. The molecule has 4 aromatic rings. The Kier molecular flexibility index (Phi) is 5.37. The lowest BCUT2D eigenvalue weighted by atomic mass is 10.1. The second kappa shape index (κ2) is 8.12. The van der Waals surface area contributed by atoms with Crippen LogP contribution in [0.1, 0.15) is 17.0 Å². The molecule has 0 fully saturated rings. The lowest BCUT2D eigenvalue weighted by Crippen LogP contribution is -2.13. The lowest BCUT2D eigenvalue weighted by molar-refractivity contribution is 0.521. The maximum absolute atomic E-state index is 14.6. The largest absolute Gasteiger partial charge is 0.423 e. The SMILES string of the molecule is Cc1ccc(-c2nc(Cc3ccccc3)oc2NS(=O)(=O)c2ccccc2)c(F)c1. The van der Waals surface area contributed by atoms with Crippen molar-refractivity contribution in [3.63, 3.8) is 0 Å². The minimum atomic E-state index is -3.93. The zero-order valence-electron chi connectivity index (χ0n) is 16.2. The van der Waals surface area contributed by atoms with Crippen LogP contribution in [0.15, 0.2) is 88.2 Å². The number of aromatic nitrogens is 1. The minimum absolute atomic E-state index is 0.0707. The number of aryl methyl sites for hydroxylation is 1. The zero-order chi connectivity index (χ0) is 21.1. The van der Waals surface area contributed by atoms with Crippen molar-refractivity contribution in [2.24, 2.45) is 0 Å². The topological polar surface area (TPSA) is 72.2 Å². The first-order valence-corrected chi connectivity index (χ1v) is 10.8. The van der Waals surface area contributed by atoms with Gasteiger partial charge in [-0.1, -0.05) is 54.6 Å². The van der Waals surface area contributed by atoms with Crippen LogP contribution in [0.3, 0.4) is 0 Å². The Bertz CT molecular complexity index is 1270. The summed E-state index contributed by atoms with van der Waals surface area (Å²) in [6.07, 6.45) is 0.342. The molecule has 0 saturated carbocycles. The molecule has 0 saturated heterocycles. The van der Waals surface area contributed by atoms with Crippen molar-refractivity contribution >= 4 is 15.9 Å². The van der Waals surface area contributed by atoms with Gasteiger partial charge in [-0.2, -0.15) is 0 Å². The maximum Gasteiger partial charge on any atom is 0.264 e. The van der Waals surface area contributed by atoms with E-state index in [4.69, 9.17) is 4.42 Å². The summed E-state index contributed by atoms with van der Waals surface area (Å²) >= 11 is 0. The van der Waals surface area contributed by atoms with Crippen LogP contribution in [-0.2, 0) is 16.4 Å². The smallest absolute Gasteiger partial charge is 0.264 e. The van der Waals surface area contributed by atoms with Gasteiger partial charge in [0.25, 0.3) is 10.0 Å². The van der Waals surface area contributed by atoms with Gasteiger partial charge in [0.05, 0.1) is 4.90 Å². The molecule has 1 heterocycles. The van der Waals surface area contributed by atoms with Crippen LogP contribution in [0.2, 0.25) is 0 Å². The maximum atomic E-state index is 14.6. The molecule has 0 aliphatic heterocycles. The molecule has 3 aromatic carbocycles. The molecule has 0 radical (unpaired) electrons. The lowest BCUT2D eigenvalue weighted by Gasteiger charge is -2.07. The Hall–Kier alpha value is -3.45. The summed E-state index contributed by atoms with van der Waals surface area (Å²) in [7, 11) is -3.93. The summed E-state index contributed by atoms with van der Waals surface area (Å²) in [5.41, 5.74) is 1.95. The summed E-state index contributed by atoms with van der Waals surface area (Å²) in [6, 6.07) is 22.1. The number of anilines is 1. The summed E-state index contributed by atoms with van der Waals surface area (Å²) in [5, 5.41) is 0. The predicted molar refractivity (Wildman–Crippen MR) is 113 cm³/mol. The van der Waals surface area contributed by atoms with Crippen LogP contribution >= 0.6 is 0 Å². The van der Waals surface area contributed by atoms with Gasteiger partial charge in [-0.3, -0.25) is 0 Å². The number of halogens is 1. The van der Waals surface area contributed by atoms with E-state index in [1.165, 1.54) is 18.2 Å². The van der Waals surface area contributed by atoms with Gasteiger partial charge in [0, 0.05) is 12.0 Å². The molecule has 0 bridgehead atoms. The Balaban J connectivity index is 1.77. The van der Waals surface area contributed by atoms with Crippen LogP contribution in [0.4, 0.5) is 10.3 Å². The third kappa shape index (κ3) is 4.26. The molecular weight excluding hydrogens is 403 g/mol. The van der Waals surface area contributed by atoms with E-state index < -0.39 is 15.8 Å². The van der Waals surface area contributed by atoms with Crippen LogP contribution < -0.4 is 4.72 Å². The molecule has 0 amide bonds. The predicted octanol–water partition coefficient (Wildman–Crippen LogP) is 5.18. The van der Waals surface area contributed by atoms with Gasteiger partial charge in [-0.05, 0) is 42.3 Å². The fourth-order valence-corrected chi connectivity index (χ4v) is 4.07. The highest BCUT2D eigenvalue weighted by Gasteiger charge is 2.23. The van der Waals surface area contributed by atoms with Crippen molar-refractivity contribution in [3.05, 3.63) is 102 Å². The van der Waals surface area contributed by atoms with E-state index in [1.807, 2.05) is 30.3 Å². The van der Waals surface area contributed by atoms with Crippen molar-refractivity contribution in [1.29, 1.82) is 0 Å². The molecule has 5 nitrogen and oxygen atoms in total. The van der Waals surface area contributed by atoms with E-state index >= 15 is 0 Å². The summed E-state index contributed by atoms with van der Waals surface area (Å²) in [4.78, 5) is 4.48. The van der Waals surface area contributed by atoms with Gasteiger partial charge >= 0.3 is 0 Å². The monoisotopic (exact) mass is 422 g/mol. The first kappa shape index (κ1) is 19.8. The fraction of sp³-hybridized carbons (Fsp3) is 0.0870. The molecule has 4 rings (SSSR count). The van der Waals surface area contributed by atoms with Gasteiger partial charge in [0.15, 0.2) is 0 Å². The molecule has 0 atom stereocenters. The number of nitrogens with zero attached hydrogens (tertiary/aromatic N) is 1. The molecule has 30 heavy (non-hydrogen) atoms. The Morgan fingerprint density at radius 3 is 2.30 bits per heavy atom. The summed E-state index contributed by atoms with van der Waals surface area (Å²) in [6.45, 7) is 1.77. The van der Waals surface area contributed by atoms with E-state index in [2.05, 4.69) is 9.71 Å². The molecule has 7 heteroatoms. The highest BCUT2D eigenvalue weighted by Crippen LogP contribution is 2.33. The van der Waals surface area contributed by atoms with E-state index in [0.717, 1.165) is 11.1 Å². The molecule has 0 unspecified atom stereocenters. The average Bonchev–Trinajstić information content (AvgIpc) is 3.10. The number of hydrogen-bond acceptors (Lipinski definition) is 4.